The predicted octanol–water partition coefficient (Wildman–Crippen LogP) is 2.32. The SMILES string of the molecule is Cc1cc(C(=O)NC(C)C2CCC2)cc(S(N)(=O)=O)c1Br. The summed E-state index contributed by atoms with van der Waals surface area (Å²) in [5, 5.41) is 8.12. The Labute approximate surface area is 133 Å². The second-order valence-corrected chi connectivity index (χ2v) is 7.93. The summed E-state index contributed by atoms with van der Waals surface area (Å²) in [5.74, 6) is 0.248. The van der Waals surface area contributed by atoms with E-state index in [1.807, 2.05) is 6.92 Å². The van der Waals surface area contributed by atoms with E-state index in [1.165, 1.54) is 12.5 Å². The Morgan fingerprint density at radius 2 is 2.05 bits per heavy atom. The highest BCUT2D eigenvalue weighted by Gasteiger charge is 2.26. The van der Waals surface area contributed by atoms with Crippen molar-refractivity contribution in [3.63, 3.8) is 0 Å². The van der Waals surface area contributed by atoms with Gasteiger partial charge in [0.05, 0.1) is 4.90 Å². The summed E-state index contributed by atoms with van der Waals surface area (Å²) in [5.41, 5.74) is 0.967. The maximum Gasteiger partial charge on any atom is 0.251 e. The largest absolute Gasteiger partial charge is 0.349 e. The second kappa shape index (κ2) is 6.06. The molecule has 1 aromatic rings. The van der Waals surface area contributed by atoms with Crippen molar-refractivity contribution in [2.24, 2.45) is 11.1 Å². The number of nitrogens with two attached hydrogens (primary N) is 1. The topological polar surface area (TPSA) is 89.3 Å². The van der Waals surface area contributed by atoms with Gasteiger partial charge in [-0.2, -0.15) is 0 Å². The maximum atomic E-state index is 12.3. The van der Waals surface area contributed by atoms with E-state index in [9.17, 15) is 13.2 Å². The second-order valence-electron chi connectivity index (χ2n) is 5.60. The van der Waals surface area contributed by atoms with Crippen molar-refractivity contribution in [2.45, 2.75) is 44.0 Å². The van der Waals surface area contributed by atoms with Crippen LogP contribution in [0.15, 0.2) is 21.5 Å². The molecule has 5 nitrogen and oxygen atoms in total. The van der Waals surface area contributed by atoms with Crippen LogP contribution >= 0.6 is 15.9 Å². The number of nitrogens with one attached hydrogen (secondary N) is 1. The number of carbonyl (C=O) groups excluding carboxylic acids is 1. The van der Waals surface area contributed by atoms with Crippen LogP contribution in [0.2, 0.25) is 0 Å². The highest BCUT2D eigenvalue weighted by molar-refractivity contribution is 9.10. The standard InChI is InChI=1S/C14H19BrN2O3S/c1-8-6-11(7-12(13(8)15)21(16,19)20)14(18)17-9(2)10-4-3-5-10/h6-7,9-10H,3-5H2,1-2H3,(H,17,18)(H2,16,19,20). The van der Waals surface area contributed by atoms with E-state index in [0.29, 0.717) is 21.5 Å². The molecule has 7 heteroatoms. The van der Waals surface area contributed by atoms with Gasteiger partial charge in [0, 0.05) is 16.1 Å². The van der Waals surface area contributed by atoms with Gasteiger partial charge >= 0.3 is 0 Å². The molecule has 1 unspecified atom stereocenters. The third kappa shape index (κ3) is 3.64. The number of halogens is 1. The average Bonchev–Trinajstić information content (AvgIpc) is 2.28. The lowest BCUT2D eigenvalue weighted by atomic mass is 9.80. The number of amides is 1. The molecule has 0 radical (unpaired) electrons. The average molecular weight is 375 g/mol. The van der Waals surface area contributed by atoms with Gasteiger partial charge in [-0.25, -0.2) is 13.6 Å². The Balaban J connectivity index is 2.27. The molecule has 0 heterocycles. The molecule has 1 amide bonds. The maximum absolute atomic E-state index is 12.3. The lowest BCUT2D eigenvalue weighted by Gasteiger charge is -2.31. The Bertz CT molecular complexity index is 669. The summed E-state index contributed by atoms with van der Waals surface area (Å²) >= 11 is 3.20. The molecule has 0 spiro atoms. The number of hydrogen-bond donors (Lipinski definition) is 2. The Morgan fingerprint density at radius 3 is 2.52 bits per heavy atom. The summed E-state index contributed by atoms with van der Waals surface area (Å²) in [6.07, 6.45) is 3.46. The minimum atomic E-state index is -3.88. The first-order valence-corrected chi connectivity index (χ1v) is 9.18. The third-order valence-corrected chi connectivity index (χ3v) is 6.26. The fourth-order valence-corrected chi connectivity index (χ4v) is 4.03. The van der Waals surface area contributed by atoms with Gasteiger partial charge in [-0.3, -0.25) is 4.79 Å². The summed E-state index contributed by atoms with van der Waals surface area (Å²) in [7, 11) is -3.88. The van der Waals surface area contributed by atoms with Crippen LogP contribution in [-0.2, 0) is 10.0 Å². The number of hydrogen-bond acceptors (Lipinski definition) is 3. The number of benzene rings is 1. The third-order valence-electron chi connectivity index (χ3n) is 4.01. The highest BCUT2D eigenvalue weighted by Crippen LogP contribution is 2.30. The number of carbonyl (C=O) groups is 1. The zero-order chi connectivity index (χ0) is 15.8. The molecule has 1 saturated carbocycles. The van der Waals surface area contributed by atoms with Crippen LogP contribution in [0.5, 0.6) is 0 Å². The van der Waals surface area contributed by atoms with E-state index in [1.54, 1.807) is 13.0 Å². The van der Waals surface area contributed by atoms with Gasteiger partial charge in [0.25, 0.3) is 5.91 Å². The van der Waals surface area contributed by atoms with Gasteiger partial charge in [0.15, 0.2) is 0 Å². The molecule has 1 fully saturated rings. The first-order chi connectivity index (χ1) is 9.70. The van der Waals surface area contributed by atoms with Crippen molar-refractivity contribution < 1.29 is 13.2 Å². The van der Waals surface area contributed by atoms with Crippen molar-refractivity contribution in [1.82, 2.24) is 5.32 Å². The molecule has 3 N–H and O–H groups in total. The van der Waals surface area contributed by atoms with Crippen LogP contribution in [0.1, 0.15) is 42.1 Å². The van der Waals surface area contributed by atoms with Gasteiger partial charge < -0.3 is 5.32 Å². The van der Waals surface area contributed by atoms with Gasteiger partial charge in [0.1, 0.15) is 0 Å². The van der Waals surface area contributed by atoms with Crippen LogP contribution < -0.4 is 10.5 Å². The lowest BCUT2D eigenvalue weighted by molar-refractivity contribution is 0.0909. The minimum Gasteiger partial charge on any atom is -0.349 e. The van der Waals surface area contributed by atoms with Gasteiger partial charge in [-0.1, -0.05) is 6.42 Å². The zero-order valence-corrected chi connectivity index (χ0v) is 14.4. The van der Waals surface area contributed by atoms with E-state index in [0.717, 1.165) is 12.8 Å². The summed E-state index contributed by atoms with van der Waals surface area (Å²) in [6, 6.07) is 3.06. The molecule has 0 aliphatic heterocycles. The lowest BCUT2D eigenvalue weighted by Crippen LogP contribution is -2.40. The van der Waals surface area contributed by atoms with E-state index in [-0.39, 0.29) is 16.8 Å². The Kier molecular flexibility index (Phi) is 4.75. The smallest absolute Gasteiger partial charge is 0.251 e. The normalized spacial score (nSPS) is 17.1. The molecule has 21 heavy (non-hydrogen) atoms. The van der Waals surface area contributed by atoms with Crippen LogP contribution in [0.3, 0.4) is 0 Å². The predicted molar refractivity (Wildman–Crippen MR) is 84.5 cm³/mol. The van der Waals surface area contributed by atoms with Crippen molar-refractivity contribution >= 4 is 31.9 Å². The van der Waals surface area contributed by atoms with E-state index in [4.69, 9.17) is 5.14 Å². The molecular weight excluding hydrogens is 356 g/mol. The van der Waals surface area contributed by atoms with Gasteiger partial charge in [0.2, 0.25) is 10.0 Å². The monoisotopic (exact) mass is 374 g/mol. The van der Waals surface area contributed by atoms with Crippen LogP contribution in [0, 0.1) is 12.8 Å². The first-order valence-electron chi connectivity index (χ1n) is 6.84. The highest BCUT2D eigenvalue weighted by atomic mass is 79.9. The van der Waals surface area contributed by atoms with Crippen molar-refractivity contribution in [3.8, 4) is 0 Å². The Hall–Kier alpha value is -0.920. The molecule has 1 atom stereocenters. The molecule has 0 aromatic heterocycles. The fraction of sp³-hybridized carbons (Fsp3) is 0.500. The number of primary sulfonamides is 1. The van der Waals surface area contributed by atoms with E-state index in [2.05, 4.69) is 21.2 Å². The van der Waals surface area contributed by atoms with Crippen molar-refractivity contribution in [2.75, 3.05) is 0 Å². The fourth-order valence-electron chi connectivity index (χ4n) is 2.42. The summed E-state index contributed by atoms with van der Waals surface area (Å²) in [6.45, 7) is 3.71. The summed E-state index contributed by atoms with van der Waals surface area (Å²) in [4.78, 5) is 12.2. The molecule has 116 valence electrons. The quantitative estimate of drug-likeness (QED) is 0.847. The molecule has 0 saturated heterocycles. The molecule has 2 rings (SSSR count). The van der Waals surface area contributed by atoms with Crippen molar-refractivity contribution in [1.29, 1.82) is 0 Å². The first kappa shape index (κ1) is 16.5. The number of rotatable bonds is 4. The van der Waals surface area contributed by atoms with Crippen molar-refractivity contribution in [3.05, 3.63) is 27.7 Å². The minimum absolute atomic E-state index is 0.0658. The molecule has 0 bridgehead atoms. The molecular formula is C14H19BrN2O3S. The van der Waals surface area contributed by atoms with Crippen LogP contribution in [-0.4, -0.2) is 20.4 Å². The number of sulfonamides is 1. The Morgan fingerprint density at radius 1 is 1.43 bits per heavy atom. The van der Waals surface area contributed by atoms with Crippen LogP contribution in [0.4, 0.5) is 0 Å². The molecule has 1 aliphatic carbocycles. The van der Waals surface area contributed by atoms with Gasteiger partial charge in [-0.05, 0) is 66.2 Å². The summed E-state index contributed by atoms with van der Waals surface area (Å²) < 4.78 is 23.6. The van der Waals surface area contributed by atoms with Crippen LogP contribution in [0.25, 0.3) is 0 Å². The molecule has 1 aliphatic rings. The zero-order valence-electron chi connectivity index (χ0n) is 12.0. The van der Waals surface area contributed by atoms with E-state index >= 15 is 0 Å². The van der Waals surface area contributed by atoms with Gasteiger partial charge in [-0.15, -0.1) is 0 Å². The van der Waals surface area contributed by atoms with E-state index < -0.39 is 10.0 Å². The number of aryl methyl sites for hydroxylation is 1. The molecule has 1 aromatic carbocycles.